The van der Waals surface area contributed by atoms with Crippen molar-refractivity contribution in [1.82, 2.24) is 4.48 Å². The SMILES string of the molecule is C[N+](C)(C)c1ccccc1.C[NH-].[18F]c1ccccc1.[18F]c1ccccc1.[CH3-].[CH3-].[CH3-].[Y].[Y].[Y]. The predicted octanol–water partition coefficient (Wildman–Crippen LogP) is 7.55. The van der Waals surface area contributed by atoms with Crippen molar-refractivity contribution >= 4 is 5.69 Å². The van der Waals surface area contributed by atoms with Crippen LogP contribution in [0.2, 0.25) is 0 Å². The molecule has 32 heavy (non-hydrogen) atoms. The van der Waals surface area contributed by atoms with Gasteiger partial charge in [0, 0.05) is 98.1 Å². The van der Waals surface area contributed by atoms with Crippen molar-refractivity contribution in [3.8, 4) is 0 Å². The molecule has 0 saturated carbocycles. The quantitative estimate of drug-likeness (QED) is 0.189. The van der Waals surface area contributed by atoms with Gasteiger partial charge in [-0.3, -0.25) is 4.48 Å². The van der Waals surface area contributed by atoms with E-state index in [0.29, 0.717) is 0 Å². The Morgan fingerprint density at radius 2 is 0.719 bits per heavy atom. The van der Waals surface area contributed by atoms with Crippen LogP contribution >= 0.6 is 0 Å². The van der Waals surface area contributed by atoms with Crippen LogP contribution in [-0.2, 0) is 98.1 Å². The number of rotatable bonds is 1. The minimum Gasteiger partial charge on any atom is -0.680 e. The first-order valence-electron chi connectivity index (χ1n) is 8.18. The molecule has 3 radical (unpaired) electrons. The van der Waals surface area contributed by atoms with Crippen LogP contribution in [-0.4, -0.2) is 28.2 Å². The van der Waals surface area contributed by atoms with Crippen molar-refractivity contribution in [2.75, 3.05) is 28.2 Å². The maximum absolute atomic E-state index is 11.9. The molecule has 173 valence electrons. The van der Waals surface area contributed by atoms with Crippen LogP contribution in [0.5, 0.6) is 0 Å². The van der Waals surface area contributed by atoms with Crippen molar-refractivity contribution in [3.05, 3.63) is 131 Å². The van der Waals surface area contributed by atoms with Gasteiger partial charge in [0.15, 0.2) is 0 Å². The maximum Gasteiger partial charge on any atom is 0.132 e. The Morgan fingerprint density at radius 1 is 0.500 bits per heavy atom. The van der Waals surface area contributed by atoms with Gasteiger partial charge >= 0.3 is 0 Å². The molecular formula is C25H37F2N2Y3-3. The van der Waals surface area contributed by atoms with Crippen molar-refractivity contribution < 1.29 is 107 Å². The van der Waals surface area contributed by atoms with Gasteiger partial charge in [0.1, 0.15) is 17.3 Å². The summed E-state index contributed by atoms with van der Waals surface area (Å²) in [5.41, 5.74) is 7.09. The van der Waals surface area contributed by atoms with Crippen molar-refractivity contribution in [2.45, 2.75) is 0 Å². The molecule has 0 aliphatic rings. The van der Waals surface area contributed by atoms with Gasteiger partial charge in [-0.25, -0.2) is 8.78 Å². The summed E-state index contributed by atoms with van der Waals surface area (Å²) < 4.78 is 24.7. The molecule has 1 N–H and O–H groups in total. The number of hydrogen-bond donors (Lipinski definition) is 0. The second kappa shape index (κ2) is 31.8. The van der Waals surface area contributed by atoms with Crippen molar-refractivity contribution in [3.63, 3.8) is 0 Å². The Kier molecular flexibility index (Phi) is 49.4. The minimum atomic E-state index is -0.178. The zero-order chi connectivity index (χ0) is 19.8. The summed E-state index contributed by atoms with van der Waals surface area (Å²) in [6, 6.07) is 26.3. The largest absolute Gasteiger partial charge is 0.680 e. The molecule has 0 fully saturated rings. The van der Waals surface area contributed by atoms with E-state index in [1.54, 1.807) is 36.4 Å². The summed E-state index contributed by atoms with van der Waals surface area (Å²) in [6.45, 7) is 0. The summed E-state index contributed by atoms with van der Waals surface area (Å²) in [7, 11) is 7.74. The molecule has 3 rings (SSSR count). The summed E-state index contributed by atoms with van der Waals surface area (Å²) in [5.74, 6) is -0.356. The molecule has 0 atom stereocenters. The molecule has 0 aliphatic heterocycles. The zero-order valence-corrected chi connectivity index (χ0v) is 29.1. The van der Waals surface area contributed by atoms with Crippen LogP contribution in [0.15, 0.2) is 91.0 Å². The van der Waals surface area contributed by atoms with E-state index in [1.807, 2.05) is 6.07 Å². The fourth-order valence-electron chi connectivity index (χ4n) is 1.70. The van der Waals surface area contributed by atoms with Crippen LogP contribution in [0.25, 0.3) is 5.73 Å². The molecule has 3 aromatic carbocycles. The summed E-state index contributed by atoms with van der Waals surface area (Å²) in [4.78, 5) is 0. The van der Waals surface area contributed by atoms with Crippen molar-refractivity contribution in [2.24, 2.45) is 0 Å². The third kappa shape index (κ3) is 28.8. The van der Waals surface area contributed by atoms with Gasteiger partial charge in [-0.15, -0.1) is 0 Å². The van der Waals surface area contributed by atoms with Gasteiger partial charge in [0.05, 0.1) is 21.1 Å². The molecule has 0 aromatic heterocycles. The van der Waals surface area contributed by atoms with Crippen molar-refractivity contribution in [1.29, 1.82) is 0 Å². The Hall–Kier alpha value is 0.752. The molecule has 0 bridgehead atoms. The monoisotopic (exact) mass is 668 g/mol. The van der Waals surface area contributed by atoms with Gasteiger partial charge < -0.3 is 28.0 Å². The smallest absolute Gasteiger partial charge is 0.132 e. The molecule has 2 nitrogen and oxygen atoms in total. The Morgan fingerprint density at radius 3 is 0.844 bits per heavy atom. The van der Waals surface area contributed by atoms with Gasteiger partial charge in [-0.05, 0) is 36.4 Å². The first-order chi connectivity index (χ1) is 12.4. The molecule has 0 spiro atoms. The van der Waals surface area contributed by atoms with E-state index in [4.69, 9.17) is 5.73 Å². The Labute approximate surface area is 272 Å². The topological polar surface area (TPSA) is 23.8 Å². The number of quaternary nitrogens is 1. The first-order valence-corrected chi connectivity index (χ1v) is 8.18. The number of benzene rings is 3. The third-order valence-corrected chi connectivity index (χ3v) is 3.00. The van der Waals surface area contributed by atoms with E-state index >= 15 is 0 Å². The number of para-hydroxylation sites is 1. The second-order valence-corrected chi connectivity index (χ2v) is 5.94. The van der Waals surface area contributed by atoms with E-state index in [9.17, 15) is 8.78 Å². The summed E-state index contributed by atoms with van der Waals surface area (Å²) in [5, 5.41) is 0. The Bertz CT molecular complexity index is 644. The van der Waals surface area contributed by atoms with Crippen LogP contribution in [0.1, 0.15) is 0 Å². The van der Waals surface area contributed by atoms with Crippen LogP contribution in [0, 0.1) is 33.9 Å². The number of hydrogen-bond acceptors (Lipinski definition) is 0. The molecule has 7 heteroatoms. The number of halogens is 2. The minimum absolute atomic E-state index is 0. The third-order valence-electron chi connectivity index (χ3n) is 3.00. The fourth-order valence-corrected chi connectivity index (χ4v) is 1.70. The van der Waals surface area contributed by atoms with Gasteiger partial charge in [-0.2, -0.15) is 7.05 Å². The van der Waals surface area contributed by atoms with E-state index in [-0.39, 0.29) is 132 Å². The molecular weight excluding hydrogens is 631 g/mol. The van der Waals surface area contributed by atoms with Crippen LogP contribution in [0.4, 0.5) is 14.5 Å². The average molecular weight is 668 g/mol. The number of nitrogens with one attached hydrogen (secondary N) is 1. The van der Waals surface area contributed by atoms with Crippen LogP contribution in [0.3, 0.4) is 0 Å². The van der Waals surface area contributed by atoms with E-state index < -0.39 is 0 Å². The average Bonchev–Trinajstić information content (AvgIpc) is 2.66. The molecule has 0 aliphatic carbocycles. The van der Waals surface area contributed by atoms with Crippen LogP contribution < -0.4 is 4.48 Å². The van der Waals surface area contributed by atoms with E-state index in [1.165, 1.54) is 37.0 Å². The van der Waals surface area contributed by atoms with Gasteiger partial charge in [-0.1, -0.05) is 54.6 Å². The fraction of sp³-hybridized carbons (Fsp3) is 0.160. The molecule has 0 heterocycles. The maximum atomic E-state index is 11.9. The molecule has 0 unspecified atom stereocenters. The Balaban J connectivity index is -0.0000000524. The number of nitrogens with zero attached hydrogens (tertiary/aromatic N) is 1. The standard InChI is InChI=1S/C9H14N.2C6H5F.CH4N.3CH3.3Y/c1-10(2,3)9-7-5-4-6-8-9;2*7-6-4-2-1-3-5-6;1-2;;;;;;/h4-8H,1-3H3;2*1-5H;2H,1H3;3*1H3;;;/q+1;;;4*-1;;;/i;2*7-1;;;;;;;. The van der Waals surface area contributed by atoms with E-state index in [2.05, 4.69) is 45.4 Å². The second-order valence-electron chi connectivity index (χ2n) is 5.94. The first kappa shape index (κ1) is 49.8. The molecule has 0 saturated heterocycles. The zero-order valence-electron chi connectivity index (χ0n) is 20.6. The van der Waals surface area contributed by atoms with E-state index in [0.717, 1.165) is 4.48 Å². The summed E-state index contributed by atoms with van der Waals surface area (Å²) in [6.07, 6.45) is 0. The van der Waals surface area contributed by atoms with Gasteiger partial charge in [0.25, 0.3) is 0 Å². The molecule has 3 aromatic rings. The predicted molar refractivity (Wildman–Crippen MR) is 128 cm³/mol. The molecule has 0 amide bonds. The van der Waals surface area contributed by atoms with Gasteiger partial charge in [0.2, 0.25) is 0 Å². The normalized spacial score (nSPS) is 7.59. The summed E-state index contributed by atoms with van der Waals surface area (Å²) >= 11 is 0.